The van der Waals surface area contributed by atoms with Gasteiger partial charge in [-0.25, -0.2) is 0 Å². The van der Waals surface area contributed by atoms with Crippen molar-refractivity contribution in [3.8, 4) is 0 Å². The van der Waals surface area contributed by atoms with Crippen LogP contribution in [0, 0.1) is 6.92 Å². The highest BCUT2D eigenvalue weighted by Gasteiger charge is 2.11. The molecule has 1 aromatic heterocycles. The van der Waals surface area contributed by atoms with E-state index in [9.17, 15) is 4.79 Å². The van der Waals surface area contributed by atoms with Crippen molar-refractivity contribution in [2.24, 2.45) is 4.99 Å². The van der Waals surface area contributed by atoms with Crippen molar-refractivity contribution in [3.05, 3.63) is 51.8 Å². The largest absolute Gasteiger partial charge is 0.369 e. The van der Waals surface area contributed by atoms with Crippen LogP contribution in [-0.4, -0.2) is 23.2 Å². The molecular weight excluding hydrogens is 284 g/mol. The van der Waals surface area contributed by atoms with Gasteiger partial charge in [0.2, 0.25) is 0 Å². The van der Waals surface area contributed by atoms with Gasteiger partial charge >= 0.3 is 0 Å². The Hall–Kier alpha value is -1.72. The predicted molar refractivity (Wildman–Crippen MR) is 84.2 cm³/mol. The third-order valence-corrected chi connectivity index (χ3v) is 3.90. The van der Waals surface area contributed by atoms with Gasteiger partial charge in [-0.05, 0) is 26.3 Å². The fourth-order valence-corrected chi connectivity index (χ4v) is 2.64. The molecule has 0 saturated carbocycles. The van der Waals surface area contributed by atoms with Crippen LogP contribution in [0.5, 0.6) is 0 Å². The van der Waals surface area contributed by atoms with E-state index in [0.29, 0.717) is 18.0 Å². The van der Waals surface area contributed by atoms with E-state index in [2.05, 4.69) is 36.2 Å². The summed E-state index contributed by atoms with van der Waals surface area (Å²) in [5.41, 5.74) is 2.42. The normalized spacial score (nSPS) is 13.4. The van der Waals surface area contributed by atoms with Crippen LogP contribution in [0.1, 0.15) is 25.0 Å². The van der Waals surface area contributed by atoms with E-state index in [1.165, 1.54) is 22.5 Å². The fraction of sp³-hybridized carbons (Fsp3) is 0.375. The van der Waals surface area contributed by atoms with E-state index in [4.69, 9.17) is 4.74 Å². The van der Waals surface area contributed by atoms with Gasteiger partial charge in [-0.3, -0.25) is 4.79 Å². The average Bonchev–Trinajstić information content (AvgIpc) is 2.89. The maximum absolute atomic E-state index is 12.0. The lowest BCUT2D eigenvalue weighted by Crippen LogP contribution is -2.24. The van der Waals surface area contributed by atoms with Gasteiger partial charge in [0.1, 0.15) is 6.10 Å². The number of carbonyl (C=O) groups is 1. The molecule has 0 bridgehead atoms. The summed E-state index contributed by atoms with van der Waals surface area (Å²) in [6, 6.07) is 8.35. The Morgan fingerprint density at radius 1 is 1.38 bits per heavy atom. The van der Waals surface area contributed by atoms with Crippen LogP contribution in [-0.2, 0) is 16.1 Å². The first-order chi connectivity index (χ1) is 10.1. The Balaban J connectivity index is 2.18. The smallest absolute Gasteiger partial charge is 0.277 e. The molecular formula is C16H20N2O2S. The number of hydrogen-bond donors (Lipinski definition) is 0. The second-order valence-electron chi connectivity index (χ2n) is 4.85. The number of thiazole rings is 1. The van der Waals surface area contributed by atoms with Crippen LogP contribution >= 0.6 is 11.3 Å². The molecule has 2 aromatic rings. The lowest BCUT2D eigenvalue weighted by Gasteiger charge is -2.07. The summed E-state index contributed by atoms with van der Waals surface area (Å²) in [5, 5.41) is 1.94. The minimum absolute atomic E-state index is 0.239. The molecule has 1 aromatic carbocycles. The quantitative estimate of drug-likeness (QED) is 0.852. The van der Waals surface area contributed by atoms with Gasteiger partial charge in [0.25, 0.3) is 5.91 Å². The van der Waals surface area contributed by atoms with Crippen molar-refractivity contribution in [1.82, 2.24) is 4.57 Å². The first-order valence-electron chi connectivity index (χ1n) is 6.99. The lowest BCUT2D eigenvalue weighted by molar-refractivity contribution is -0.128. The highest BCUT2D eigenvalue weighted by molar-refractivity contribution is 7.07. The lowest BCUT2D eigenvalue weighted by atomic mass is 10.1. The SMILES string of the molecule is CCO[C@@H](C)C(=O)N=c1sccn1Cc1ccc(C)cc1. The molecule has 0 N–H and O–H groups in total. The minimum Gasteiger partial charge on any atom is -0.369 e. The van der Waals surface area contributed by atoms with Crippen molar-refractivity contribution in [2.45, 2.75) is 33.4 Å². The summed E-state index contributed by atoms with van der Waals surface area (Å²) in [7, 11) is 0. The van der Waals surface area contributed by atoms with Crippen molar-refractivity contribution in [2.75, 3.05) is 6.61 Å². The molecule has 0 aliphatic carbocycles. The minimum atomic E-state index is -0.495. The van der Waals surface area contributed by atoms with Gasteiger partial charge in [-0.1, -0.05) is 29.8 Å². The number of ether oxygens (including phenoxy) is 1. The van der Waals surface area contributed by atoms with E-state index >= 15 is 0 Å². The van der Waals surface area contributed by atoms with Gasteiger partial charge in [0.15, 0.2) is 4.80 Å². The zero-order valence-electron chi connectivity index (χ0n) is 12.6. The molecule has 0 unspecified atom stereocenters. The van der Waals surface area contributed by atoms with Gasteiger partial charge in [0, 0.05) is 24.7 Å². The van der Waals surface area contributed by atoms with Crippen LogP contribution in [0.2, 0.25) is 0 Å². The molecule has 21 heavy (non-hydrogen) atoms. The number of benzene rings is 1. The number of amides is 1. The summed E-state index contributed by atoms with van der Waals surface area (Å²) < 4.78 is 7.25. The Labute approximate surface area is 128 Å². The fourth-order valence-electron chi connectivity index (χ4n) is 1.90. The van der Waals surface area contributed by atoms with Gasteiger partial charge in [-0.2, -0.15) is 4.99 Å². The molecule has 2 rings (SSSR count). The number of aromatic nitrogens is 1. The monoisotopic (exact) mass is 304 g/mol. The molecule has 0 fully saturated rings. The van der Waals surface area contributed by atoms with E-state index in [1.54, 1.807) is 6.92 Å². The maximum Gasteiger partial charge on any atom is 0.277 e. The number of rotatable bonds is 5. The van der Waals surface area contributed by atoms with E-state index in [-0.39, 0.29) is 5.91 Å². The second-order valence-corrected chi connectivity index (χ2v) is 5.72. The zero-order chi connectivity index (χ0) is 15.2. The van der Waals surface area contributed by atoms with Crippen molar-refractivity contribution >= 4 is 17.2 Å². The first kappa shape index (κ1) is 15.7. The molecule has 1 atom stereocenters. The highest BCUT2D eigenvalue weighted by Crippen LogP contribution is 2.05. The van der Waals surface area contributed by atoms with Crippen LogP contribution in [0.3, 0.4) is 0 Å². The highest BCUT2D eigenvalue weighted by atomic mass is 32.1. The van der Waals surface area contributed by atoms with Crippen molar-refractivity contribution in [3.63, 3.8) is 0 Å². The third kappa shape index (κ3) is 4.37. The van der Waals surface area contributed by atoms with Crippen molar-refractivity contribution in [1.29, 1.82) is 0 Å². The predicted octanol–water partition coefficient (Wildman–Crippen LogP) is 2.76. The molecule has 0 spiro atoms. The second kappa shape index (κ2) is 7.33. The third-order valence-electron chi connectivity index (χ3n) is 3.10. The molecule has 0 aliphatic heterocycles. The van der Waals surface area contributed by atoms with Gasteiger partial charge in [0.05, 0.1) is 0 Å². The molecule has 112 valence electrons. The molecule has 0 saturated heterocycles. The number of nitrogens with zero attached hydrogens (tertiary/aromatic N) is 2. The maximum atomic E-state index is 12.0. The Morgan fingerprint density at radius 3 is 2.76 bits per heavy atom. The summed E-state index contributed by atoms with van der Waals surface area (Å²) in [6.07, 6.45) is 1.45. The molecule has 4 nitrogen and oxygen atoms in total. The number of carbonyl (C=O) groups excluding carboxylic acids is 1. The number of hydrogen-bond acceptors (Lipinski definition) is 3. The molecule has 1 heterocycles. The van der Waals surface area contributed by atoms with Gasteiger partial charge in [-0.15, -0.1) is 11.3 Å². The first-order valence-corrected chi connectivity index (χ1v) is 7.87. The standard InChI is InChI=1S/C16H20N2O2S/c1-4-20-13(3)15(19)17-16-18(9-10-21-16)11-14-7-5-12(2)6-8-14/h5-10,13H,4,11H2,1-3H3/t13-/m0/s1. The Kier molecular flexibility index (Phi) is 5.47. The summed E-state index contributed by atoms with van der Waals surface area (Å²) in [4.78, 5) is 16.8. The summed E-state index contributed by atoms with van der Waals surface area (Å²) in [6.45, 7) is 6.88. The summed E-state index contributed by atoms with van der Waals surface area (Å²) in [5.74, 6) is -0.239. The van der Waals surface area contributed by atoms with Crippen molar-refractivity contribution < 1.29 is 9.53 Å². The van der Waals surface area contributed by atoms with Crippen LogP contribution in [0.15, 0.2) is 40.8 Å². The average molecular weight is 304 g/mol. The Morgan fingerprint density at radius 2 is 2.10 bits per heavy atom. The topological polar surface area (TPSA) is 43.6 Å². The van der Waals surface area contributed by atoms with Gasteiger partial charge < -0.3 is 9.30 Å². The summed E-state index contributed by atoms with van der Waals surface area (Å²) >= 11 is 1.46. The molecule has 0 radical (unpaired) electrons. The molecule has 5 heteroatoms. The van der Waals surface area contributed by atoms with E-state index in [1.807, 2.05) is 23.1 Å². The zero-order valence-corrected chi connectivity index (χ0v) is 13.4. The van der Waals surface area contributed by atoms with Crippen LogP contribution < -0.4 is 4.80 Å². The Bertz CT molecular complexity index is 655. The molecule has 1 amide bonds. The van der Waals surface area contributed by atoms with E-state index in [0.717, 1.165) is 0 Å². The number of aryl methyl sites for hydroxylation is 1. The van der Waals surface area contributed by atoms with Crippen LogP contribution in [0.4, 0.5) is 0 Å². The van der Waals surface area contributed by atoms with E-state index < -0.39 is 6.10 Å². The van der Waals surface area contributed by atoms with Crippen LogP contribution in [0.25, 0.3) is 0 Å². The molecule has 0 aliphatic rings.